The second-order valence-corrected chi connectivity index (χ2v) is 12.9. The zero-order valence-electron chi connectivity index (χ0n) is 29.3. The van der Waals surface area contributed by atoms with Gasteiger partial charge in [0.1, 0.15) is 21.0 Å². The van der Waals surface area contributed by atoms with Gasteiger partial charge in [0.25, 0.3) is 5.91 Å². The zero-order chi connectivity index (χ0) is 38.7. The van der Waals surface area contributed by atoms with E-state index in [4.69, 9.17) is 10.4 Å². The molecule has 53 heavy (non-hydrogen) atoms. The molecule has 1 atom stereocenters. The van der Waals surface area contributed by atoms with E-state index in [2.05, 4.69) is 41.3 Å². The second-order valence-electron chi connectivity index (χ2n) is 11.8. The Labute approximate surface area is 318 Å². The van der Waals surface area contributed by atoms with Crippen molar-refractivity contribution in [3.05, 3.63) is 99.0 Å². The van der Waals surface area contributed by atoms with Crippen LogP contribution < -0.4 is 5.32 Å². The van der Waals surface area contributed by atoms with Gasteiger partial charge in [-0.05, 0) is 72.8 Å². The van der Waals surface area contributed by atoms with E-state index in [0.29, 0.717) is 57.7 Å². The number of ketones is 2. The number of nitriles is 1. The van der Waals surface area contributed by atoms with E-state index in [0.717, 1.165) is 11.3 Å². The highest BCUT2D eigenvalue weighted by Gasteiger charge is 2.33. The predicted octanol–water partition coefficient (Wildman–Crippen LogP) is 5.08. The number of Topliss-reactive ketones (excluding diaryl/α,β-unsaturated/α-hetero) is 2. The number of aromatic amines is 1. The number of carbonyl (C=O) groups excluding carboxylic acids is 4. The summed E-state index contributed by atoms with van der Waals surface area (Å²) in [4.78, 5) is 84.1. The summed E-state index contributed by atoms with van der Waals surface area (Å²) in [5, 5.41) is 20.0. The van der Waals surface area contributed by atoms with Crippen LogP contribution in [-0.4, -0.2) is 88.4 Å². The number of nitrogens with one attached hydrogen (secondary N) is 2. The highest BCUT2D eigenvalue weighted by molar-refractivity contribution is 14.1. The Bertz CT molecular complexity index is 2190. The van der Waals surface area contributed by atoms with E-state index in [9.17, 15) is 24.0 Å². The van der Waals surface area contributed by atoms with Crippen molar-refractivity contribution in [2.24, 2.45) is 5.92 Å². The van der Waals surface area contributed by atoms with Crippen LogP contribution >= 0.6 is 22.6 Å². The van der Waals surface area contributed by atoms with Crippen LogP contribution in [0.4, 0.5) is 0 Å². The molecule has 15 nitrogen and oxygen atoms in total. The molecule has 0 aromatic carbocycles. The molecule has 6 rings (SSSR count). The third-order valence-corrected chi connectivity index (χ3v) is 8.49. The van der Waals surface area contributed by atoms with Crippen molar-refractivity contribution in [1.29, 1.82) is 5.26 Å². The molecule has 0 unspecified atom stereocenters. The molecule has 16 heteroatoms. The number of carboxylic acids is 1. The highest BCUT2D eigenvalue weighted by atomic mass is 127. The third kappa shape index (κ3) is 10.5. The number of nitrogens with zero attached hydrogens (tertiary/aromatic N) is 7. The van der Waals surface area contributed by atoms with E-state index < -0.39 is 17.9 Å². The van der Waals surface area contributed by atoms with Crippen LogP contribution in [-0.2, 0) is 4.79 Å². The van der Waals surface area contributed by atoms with Crippen LogP contribution in [0.1, 0.15) is 80.7 Å². The van der Waals surface area contributed by atoms with Gasteiger partial charge in [-0.3, -0.25) is 34.1 Å². The van der Waals surface area contributed by atoms with E-state index in [-0.39, 0.29) is 34.5 Å². The molecule has 0 radical (unpaired) electrons. The highest BCUT2D eigenvalue weighted by Crippen LogP contribution is 2.21. The van der Waals surface area contributed by atoms with Gasteiger partial charge in [0.05, 0.1) is 35.0 Å². The Morgan fingerprint density at radius 3 is 2.15 bits per heavy atom. The minimum Gasteiger partial charge on any atom is -0.478 e. The smallest absolute Gasteiger partial charge is 0.335 e. The van der Waals surface area contributed by atoms with Crippen LogP contribution in [0.15, 0.2) is 67.4 Å². The van der Waals surface area contributed by atoms with Gasteiger partial charge < -0.3 is 20.3 Å². The fourth-order valence-electron chi connectivity index (χ4n) is 4.94. The first-order chi connectivity index (χ1) is 25.3. The molecule has 0 saturated carbocycles. The molecule has 272 valence electrons. The molecular weight excluding hydrogens is 793 g/mol. The first-order valence-corrected chi connectivity index (χ1v) is 17.6. The van der Waals surface area contributed by atoms with Gasteiger partial charge in [0, 0.05) is 67.5 Å². The Morgan fingerprint density at radius 2 is 1.57 bits per heavy atom. The van der Waals surface area contributed by atoms with E-state index >= 15 is 0 Å². The Kier molecular flexibility index (Phi) is 13.9. The lowest BCUT2D eigenvalue weighted by Gasteiger charge is -2.37. The van der Waals surface area contributed by atoms with Crippen LogP contribution in [0, 0.1) is 27.9 Å². The standard InChI is InChI=1S/C22H21N7O3.C9H11NO.C6H4INO2/c1-3-18(30)14-4-5-24-16(6-14)17-9-26-20-19(28-17)15(8-25-20)21(31)27-12(2)22(32)29-10-13(7-23)11-29;1-3-9(11)8-4-5-10-7(2)6-8;7-5-3-4(6(9)10)1-2-8-5/h4-6,8-9,12-13H,3,10-11H2,1-2H3,(H,25,26)(H,27,31);4-6H,3H2,1-2H3;1-3H,(H,9,10)/t12-;;/m1../s1. The quantitative estimate of drug-likeness (QED) is 0.101. The molecule has 1 fully saturated rings. The Morgan fingerprint density at radius 1 is 0.943 bits per heavy atom. The number of fused-ring (bicyclic) bond motifs is 1. The largest absolute Gasteiger partial charge is 0.478 e. The van der Waals surface area contributed by atoms with Gasteiger partial charge in [-0.25, -0.2) is 14.8 Å². The van der Waals surface area contributed by atoms with Crippen LogP contribution in [0.5, 0.6) is 0 Å². The first-order valence-electron chi connectivity index (χ1n) is 16.5. The Balaban J connectivity index is 0.000000242. The summed E-state index contributed by atoms with van der Waals surface area (Å²) in [6.45, 7) is 7.89. The van der Waals surface area contributed by atoms with E-state index in [1.165, 1.54) is 36.9 Å². The molecule has 5 aromatic rings. The van der Waals surface area contributed by atoms with Crippen molar-refractivity contribution in [3.8, 4) is 17.5 Å². The molecular formula is C37H36IN9O6. The number of hydrogen-bond acceptors (Lipinski definition) is 11. The summed E-state index contributed by atoms with van der Waals surface area (Å²) < 4.78 is 0.692. The van der Waals surface area contributed by atoms with Crippen molar-refractivity contribution in [1.82, 2.24) is 40.1 Å². The number of halogens is 1. The molecule has 3 N–H and O–H groups in total. The van der Waals surface area contributed by atoms with Crippen LogP contribution in [0.2, 0.25) is 0 Å². The molecule has 1 aliphatic heterocycles. The van der Waals surface area contributed by atoms with Crippen molar-refractivity contribution < 1.29 is 29.1 Å². The zero-order valence-corrected chi connectivity index (χ0v) is 31.5. The van der Waals surface area contributed by atoms with E-state index in [1.54, 1.807) is 43.1 Å². The summed E-state index contributed by atoms with van der Waals surface area (Å²) in [6.07, 6.45) is 8.62. The van der Waals surface area contributed by atoms with Crippen LogP contribution in [0.3, 0.4) is 0 Å². The predicted molar refractivity (Wildman–Crippen MR) is 202 cm³/mol. The number of pyridine rings is 3. The number of likely N-dealkylation sites (tertiary alicyclic amines) is 1. The maximum Gasteiger partial charge on any atom is 0.335 e. The molecule has 6 heterocycles. The number of rotatable bonds is 9. The third-order valence-electron chi connectivity index (χ3n) is 7.90. The molecule has 2 amide bonds. The summed E-state index contributed by atoms with van der Waals surface area (Å²) in [5.41, 5.74) is 4.35. The summed E-state index contributed by atoms with van der Waals surface area (Å²) >= 11 is 1.96. The van der Waals surface area contributed by atoms with E-state index in [1.807, 2.05) is 42.5 Å². The summed E-state index contributed by atoms with van der Waals surface area (Å²) in [5.74, 6) is -1.60. The number of aryl methyl sites for hydroxylation is 1. The minimum atomic E-state index is -0.916. The van der Waals surface area contributed by atoms with Gasteiger partial charge in [0.2, 0.25) is 5.91 Å². The van der Waals surface area contributed by atoms with Gasteiger partial charge in [0.15, 0.2) is 17.2 Å². The Hall–Kier alpha value is -5.96. The first kappa shape index (κ1) is 39.8. The number of aromatic nitrogens is 6. The van der Waals surface area contributed by atoms with Gasteiger partial charge in [-0.15, -0.1) is 0 Å². The summed E-state index contributed by atoms with van der Waals surface area (Å²) in [7, 11) is 0. The van der Waals surface area contributed by atoms with Crippen molar-refractivity contribution >= 4 is 63.1 Å². The average molecular weight is 830 g/mol. The molecule has 5 aromatic heterocycles. The van der Waals surface area contributed by atoms with Crippen molar-refractivity contribution in [3.63, 3.8) is 0 Å². The number of hydrogen-bond donors (Lipinski definition) is 3. The monoisotopic (exact) mass is 829 g/mol. The van der Waals surface area contributed by atoms with Gasteiger partial charge in [-0.1, -0.05) is 13.8 Å². The average Bonchev–Trinajstić information content (AvgIpc) is 3.58. The lowest BCUT2D eigenvalue weighted by Crippen LogP contribution is -2.55. The maximum atomic E-state index is 12.8. The van der Waals surface area contributed by atoms with Crippen molar-refractivity contribution in [2.75, 3.05) is 13.1 Å². The van der Waals surface area contributed by atoms with Gasteiger partial charge in [-0.2, -0.15) is 5.26 Å². The fourth-order valence-corrected chi connectivity index (χ4v) is 5.44. The molecule has 0 bridgehead atoms. The summed E-state index contributed by atoms with van der Waals surface area (Å²) in [6, 6.07) is 11.2. The van der Waals surface area contributed by atoms with Crippen molar-refractivity contribution in [2.45, 2.75) is 46.6 Å². The molecule has 1 aliphatic rings. The number of aromatic carboxylic acids is 1. The SMILES string of the molecule is CCC(=O)c1ccnc(-c2cnc3[nH]cc(C(=O)N[C@H](C)C(=O)N4CC(C#N)C4)c3n2)c1.CCC(=O)c1ccnc(C)c1.O=C(O)c1ccnc(I)c1. The number of carboxylic acid groups (broad SMARTS) is 1. The molecule has 1 saturated heterocycles. The van der Waals surface area contributed by atoms with Gasteiger partial charge >= 0.3 is 5.97 Å². The number of carbonyl (C=O) groups is 5. The molecule has 0 spiro atoms. The lowest BCUT2D eigenvalue weighted by molar-refractivity contribution is -0.137. The number of H-pyrrole nitrogens is 1. The maximum absolute atomic E-state index is 12.8. The number of amides is 2. The fraction of sp³-hybridized carbons (Fsp3) is 0.270. The van der Waals surface area contributed by atoms with Crippen LogP contribution in [0.25, 0.3) is 22.6 Å². The lowest BCUT2D eigenvalue weighted by atomic mass is 10.0. The normalized spacial score (nSPS) is 12.5. The molecule has 0 aliphatic carbocycles. The minimum absolute atomic E-state index is 0.00801. The second kappa shape index (κ2) is 18.5. The topological polar surface area (TPSA) is 225 Å².